The number of anilines is 1. The first-order valence-electron chi connectivity index (χ1n) is 12.0. The van der Waals surface area contributed by atoms with Crippen LogP contribution in [-0.2, 0) is 6.54 Å². The Morgan fingerprint density at radius 3 is 2.45 bits per heavy atom. The van der Waals surface area contributed by atoms with Crippen LogP contribution in [0.4, 0.5) is 5.69 Å². The lowest BCUT2D eigenvalue weighted by atomic mass is 10.1. The Morgan fingerprint density at radius 1 is 0.974 bits per heavy atom. The van der Waals surface area contributed by atoms with E-state index in [1.807, 2.05) is 25.1 Å². The van der Waals surface area contributed by atoms with Gasteiger partial charge in [0.15, 0.2) is 17.2 Å². The smallest absolute Gasteiger partial charge is 0.276 e. The molecule has 1 atom stereocenters. The summed E-state index contributed by atoms with van der Waals surface area (Å²) >= 11 is 0. The zero-order chi connectivity index (χ0) is 27.2. The highest BCUT2D eigenvalue weighted by molar-refractivity contribution is 6.08. The standard InChI is InChI=1S/C29H28N4O5/c1-19(25-13-7-8-15-30-25)32(3)29(36)26-17-23(38-31-26)18-33(22-11-9-10-21(16-22)20(2)34)28(35)24-12-5-6-14-27(24)37-4/h5-17,19H,18H2,1-4H3. The number of hydrogen-bond donors (Lipinski definition) is 0. The van der Waals surface area contributed by atoms with Crippen molar-refractivity contribution in [1.29, 1.82) is 0 Å². The molecule has 9 heteroatoms. The maximum absolute atomic E-state index is 13.7. The second kappa shape index (κ2) is 11.5. The Morgan fingerprint density at radius 2 is 1.74 bits per heavy atom. The van der Waals surface area contributed by atoms with Crippen molar-refractivity contribution in [2.45, 2.75) is 26.4 Å². The summed E-state index contributed by atoms with van der Waals surface area (Å²) in [6.07, 6.45) is 1.67. The third kappa shape index (κ3) is 5.62. The molecule has 2 heterocycles. The van der Waals surface area contributed by atoms with Crippen LogP contribution in [0.3, 0.4) is 0 Å². The number of rotatable bonds is 9. The van der Waals surface area contributed by atoms with Gasteiger partial charge in [-0.25, -0.2) is 0 Å². The van der Waals surface area contributed by atoms with Crippen LogP contribution < -0.4 is 9.64 Å². The molecule has 0 saturated carbocycles. The molecule has 2 aromatic carbocycles. The summed E-state index contributed by atoms with van der Waals surface area (Å²) in [6.45, 7) is 3.30. The number of aromatic nitrogens is 2. The number of pyridine rings is 1. The SMILES string of the molecule is COc1ccccc1C(=O)N(Cc1cc(C(=O)N(C)C(C)c2ccccn2)no1)c1cccc(C(C)=O)c1. The number of Topliss-reactive ketones (excluding diaryl/α,β-unsaturated/α-hetero) is 1. The molecule has 38 heavy (non-hydrogen) atoms. The quantitative estimate of drug-likeness (QED) is 0.292. The average Bonchev–Trinajstić information content (AvgIpc) is 3.43. The molecule has 1 unspecified atom stereocenters. The van der Waals surface area contributed by atoms with Gasteiger partial charge < -0.3 is 19.1 Å². The molecule has 2 aromatic heterocycles. The van der Waals surface area contributed by atoms with Crippen molar-refractivity contribution in [1.82, 2.24) is 15.0 Å². The van der Waals surface area contributed by atoms with Crippen molar-refractivity contribution in [3.05, 3.63) is 107 Å². The molecule has 2 amide bonds. The summed E-state index contributed by atoms with van der Waals surface area (Å²) in [7, 11) is 3.16. The fourth-order valence-corrected chi connectivity index (χ4v) is 3.96. The van der Waals surface area contributed by atoms with Crippen LogP contribution in [0.2, 0.25) is 0 Å². The van der Waals surface area contributed by atoms with Gasteiger partial charge in [0, 0.05) is 30.6 Å². The number of amides is 2. The average molecular weight is 513 g/mol. The van der Waals surface area contributed by atoms with Crippen LogP contribution in [0.15, 0.2) is 83.5 Å². The van der Waals surface area contributed by atoms with E-state index < -0.39 is 0 Å². The molecule has 0 saturated heterocycles. The molecule has 4 rings (SSSR count). The van der Waals surface area contributed by atoms with Crippen molar-refractivity contribution in [2.75, 3.05) is 19.1 Å². The number of ether oxygens (including phenoxy) is 1. The molecule has 0 fully saturated rings. The van der Waals surface area contributed by atoms with Gasteiger partial charge in [-0.2, -0.15) is 0 Å². The summed E-state index contributed by atoms with van der Waals surface area (Å²) in [6, 6.07) is 20.4. The second-order valence-corrected chi connectivity index (χ2v) is 8.72. The van der Waals surface area contributed by atoms with Crippen LogP contribution in [0.25, 0.3) is 0 Å². The fourth-order valence-electron chi connectivity index (χ4n) is 3.96. The van der Waals surface area contributed by atoms with Crippen LogP contribution in [0.5, 0.6) is 5.75 Å². The van der Waals surface area contributed by atoms with Gasteiger partial charge in [-0.3, -0.25) is 19.4 Å². The number of carbonyl (C=O) groups excluding carboxylic acids is 3. The van der Waals surface area contributed by atoms with E-state index >= 15 is 0 Å². The number of benzene rings is 2. The van der Waals surface area contributed by atoms with E-state index in [4.69, 9.17) is 9.26 Å². The Bertz CT molecular complexity index is 1450. The first-order valence-corrected chi connectivity index (χ1v) is 12.0. The number of hydrogen-bond acceptors (Lipinski definition) is 7. The van der Waals surface area contributed by atoms with E-state index in [9.17, 15) is 14.4 Å². The molecule has 0 aliphatic carbocycles. The monoisotopic (exact) mass is 512 g/mol. The van der Waals surface area contributed by atoms with E-state index in [1.54, 1.807) is 61.8 Å². The number of ketones is 1. The first-order chi connectivity index (χ1) is 18.3. The Kier molecular flexibility index (Phi) is 7.96. The molecular formula is C29H28N4O5. The molecule has 0 aliphatic heterocycles. The third-order valence-electron chi connectivity index (χ3n) is 6.26. The zero-order valence-corrected chi connectivity index (χ0v) is 21.6. The molecular weight excluding hydrogens is 484 g/mol. The zero-order valence-electron chi connectivity index (χ0n) is 21.6. The van der Waals surface area contributed by atoms with Crippen molar-refractivity contribution in [3.8, 4) is 5.75 Å². The first kappa shape index (κ1) is 26.3. The van der Waals surface area contributed by atoms with Crippen molar-refractivity contribution in [2.24, 2.45) is 0 Å². The van der Waals surface area contributed by atoms with E-state index in [0.717, 1.165) is 5.69 Å². The molecule has 194 valence electrons. The lowest BCUT2D eigenvalue weighted by molar-refractivity contribution is 0.0728. The van der Waals surface area contributed by atoms with Crippen molar-refractivity contribution in [3.63, 3.8) is 0 Å². The molecule has 0 spiro atoms. The maximum Gasteiger partial charge on any atom is 0.276 e. The molecule has 0 N–H and O–H groups in total. The predicted octanol–water partition coefficient (Wildman–Crippen LogP) is 4.96. The van der Waals surface area contributed by atoms with Gasteiger partial charge >= 0.3 is 0 Å². The van der Waals surface area contributed by atoms with Crippen molar-refractivity contribution < 1.29 is 23.6 Å². The molecule has 9 nitrogen and oxygen atoms in total. The minimum atomic E-state index is -0.367. The van der Waals surface area contributed by atoms with Crippen LogP contribution in [-0.4, -0.2) is 46.8 Å². The van der Waals surface area contributed by atoms with Gasteiger partial charge in [-0.1, -0.05) is 35.5 Å². The minimum absolute atomic E-state index is 0.0297. The topological polar surface area (TPSA) is 106 Å². The van der Waals surface area contributed by atoms with Gasteiger partial charge in [-0.15, -0.1) is 0 Å². The summed E-state index contributed by atoms with van der Waals surface area (Å²) in [5, 5.41) is 3.97. The van der Waals surface area contributed by atoms with Crippen LogP contribution in [0.1, 0.15) is 62.5 Å². The van der Waals surface area contributed by atoms with E-state index in [0.29, 0.717) is 28.3 Å². The third-order valence-corrected chi connectivity index (χ3v) is 6.26. The van der Waals surface area contributed by atoms with Gasteiger partial charge in [0.1, 0.15) is 5.75 Å². The highest BCUT2D eigenvalue weighted by Gasteiger charge is 2.26. The molecule has 0 bridgehead atoms. The van der Waals surface area contributed by atoms with Gasteiger partial charge in [0.05, 0.1) is 31.0 Å². The van der Waals surface area contributed by atoms with Gasteiger partial charge in [0.2, 0.25) is 0 Å². The Labute approximate surface area is 220 Å². The molecule has 0 radical (unpaired) electrons. The van der Waals surface area contributed by atoms with Gasteiger partial charge in [-0.05, 0) is 50.2 Å². The fraction of sp³-hybridized carbons (Fsp3) is 0.207. The lowest BCUT2D eigenvalue weighted by Crippen LogP contribution is -2.31. The van der Waals surface area contributed by atoms with E-state index in [1.165, 1.54) is 29.9 Å². The number of para-hydroxylation sites is 1. The second-order valence-electron chi connectivity index (χ2n) is 8.72. The molecule has 0 aliphatic rings. The largest absolute Gasteiger partial charge is 0.496 e. The minimum Gasteiger partial charge on any atom is -0.496 e. The lowest BCUT2D eigenvalue weighted by Gasteiger charge is -2.23. The predicted molar refractivity (Wildman–Crippen MR) is 141 cm³/mol. The maximum atomic E-state index is 13.7. The number of nitrogens with zero attached hydrogens (tertiary/aromatic N) is 4. The molecule has 4 aromatic rings. The Hall–Kier alpha value is -4.79. The van der Waals surface area contributed by atoms with Crippen molar-refractivity contribution >= 4 is 23.3 Å². The number of methoxy groups -OCH3 is 1. The van der Waals surface area contributed by atoms with E-state index in [-0.39, 0.29) is 35.9 Å². The summed E-state index contributed by atoms with van der Waals surface area (Å²) in [5.74, 6) is -0.144. The highest BCUT2D eigenvalue weighted by Crippen LogP contribution is 2.27. The highest BCUT2D eigenvalue weighted by atomic mass is 16.5. The van der Waals surface area contributed by atoms with Gasteiger partial charge in [0.25, 0.3) is 11.8 Å². The summed E-state index contributed by atoms with van der Waals surface area (Å²) < 4.78 is 10.9. The normalized spacial score (nSPS) is 11.5. The summed E-state index contributed by atoms with van der Waals surface area (Å²) in [5.41, 5.74) is 2.12. The van der Waals surface area contributed by atoms with Crippen LogP contribution >= 0.6 is 0 Å². The summed E-state index contributed by atoms with van der Waals surface area (Å²) in [4.78, 5) is 46.2. The Balaban J connectivity index is 1.64. The number of carbonyl (C=O) groups is 3. The van der Waals surface area contributed by atoms with Crippen LogP contribution in [0, 0.1) is 0 Å². The van der Waals surface area contributed by atoms with E-state index in [2.05, 4.69) is 10.1 Å².